The summed E-state index contributed by atoms with van der Waals surface area (Å²) in [5.74, 6) is 0.0559. The first kappa shape index (κ1) is 10.7. The van der Waals surface area contributed by atoms with Crippen LogP contribution < -0.4 is 0 Å². The van der Waals surface area contributed by atoms with Gasteiger partial charge in [-0.15, -0.1) is 11.6 Å². The van der Waals surface area contributed by atoms with Crippen LogP contribution in [0, 0.1) is 5.41 Å². The molecule has 0 N–H and O–H groups in total. The molecule has 0 spiro atoms. The van der Waals surface area contributed by atoms with Crippen LogP contribution in [0.4, 0.5) is 4.39 Å². The Labute approximate surface area is 79.4 Å². The zero-order valence-corrected chi connectivity index (χ0v) is 8.54. The van der Waals surface area contributed by atoms with Gasteiger partial charge >= 0.3 is 6.95 Å². The molecule has 0 unspecified atom stereocenters. The molecule has 1 rings (SSSR count). The largest absolute Gasteiger partial charge is 0.424 e. The van der Waals surface area contributed by atoms with Gasteiger partial charge in [0.1, 0.15) is 6.67 Å². The average molecular weight is 237 g/mol. The molecule has 0 radical (unpaired) electrons. The molecule has 1 aliphatic rings. The molecule has 12 heavy (non-hydrogen) atoms. The van der Waals surface area contributed by atoms with E-state index in [1.165, 1.54) is 0 Å². The monoisotopic (exact) mass is 236 g/mol. The number of alkyl halides is 2. The third-order valence-electron chi connectivity index (χ3n) is 1.62. The molecule has 0 aromatic heterocycles. The Bertz CT molecular complexity index is 195. The van der Waals surface area contributed by atoms with Crippen LogP contribution in [0.25, 0.3) is 0 Å². The third-order valence-corrected chi connectivity index (χ3v) is 3.64. The highest BCUT2D eigenvalue weighted by atomic mass is 35.7. The van der Waals surface area contributed by atoms with Crippen LogP contribution in [0.15, 0.2) is 0 Å². The second kappa shape index (κ2) is 3.81. The lowest BCUT2D eigenvalue weighted by Crippen LogP contribution is -2.38. The first-order valence-electron chi connectivity index (χ1n) is 3.24. The Morgan fingerprint density at radius 3 is 2.33 bits per heavy atom. The lowest BCUT2D eigenvalue weighted by molar-refractivity contribution is 0.0223. The molecule has 3 nitrogen and oxygen atoms in total. The maximum Gasteiger partial charge on any atom is 0.424 e. The molecule has 0 saturated carbocycles. The number of hydrogen-bond donors (Lipinski definition) is 0. The van der Waals surface area contributed by atoms with Crippen LogP contribution in [-0.2, 0) is 13.6 Å². The van der Waals surface area contributed by atoms with E-state index in [-0.39, 0.29) is 19.1 Å². The van der Waals surface area contributed by atoms with Gasteiger partial charge in [0.15, 0.2) is 0 Å². The quantitative estimate of drug-likeness (QED) is 0.546. The van der Waals surface area contributed by atoms with Gasteiger partial charge in [0, 0.05) is 17.1 Å². The third kappa shape index (κ3) is 2.33. The summed E-state index contributed by atoms with van der Waals surface area (Å²) in [4.78, 5) is 0. The van der Waals surface area contributed by atoms with Crippen molar-refractivity contribution in [2.45, 2.75) is 0 Å². The summed E-state index contributed by atoms with van der Waals surface area (Å²) in [5.41, 5.74) is -0.885. The highest BCUT2D eigenvalue weighted by Gasteiger charge is 2.41. The first-order valence-corrected chi connectivity index (χ1v) is 6.23. The molecule has 0 aromatic carbocycles. The van der Waals surface area contributed by atoms with Crippen LogP contribution in [0.3, 0.4) is 0 Å². The van der Waals surface area contributed by atoms with Crippen LogP contribution >= 0.6 is 29.8 Å². The van der Waals surface area contributed by atoms with Crippen LogP contribution in [0.2, 0.25) is 0 Å². The van der Waals surface area contributed by atoms with E-state index in [0.29, 0.717) is 0 Å². The molecule has 1 fully saturated rings. The Morgan fingerprint density at radius 1 is 1.50 bits per heavy atom. The van der Waals surface area contributed by atoms with E-state index in [1.54, 1.807) is 0 Å². The Kier molecular flexibility index (Phi) is 3.41. The summed E-state index contributed by atoms with van der Waals surface area (Å²) in [6.07, 6.45) is 0. The topological polar surface area (TPSA) is 35.5 Å². The molecule has 0 amide bonds. The van der Waals surface area contributed by atoms with Gasteiger partial charge in [-0.05, 0) is 0 Å². The number of hydrogen-bond acceptors (Lipinski definition) is 3. The van der Waals surface area contributed by atoms with Gasteiger partial charge in [0.25, 0.3) is 0 Å². The van der Waals surface area contributed by atoms with Crippen molar-refractivity contribution >= 4 is 29.8 Å². The van der Waals surface area contributed by atoms with Crippen molar-refractivity contribution in [3.05, 3.63) is 0 Å². The second-order valence-corrected chi connectivity index (χ2v) is 5.63. The minimum atomic E-state index is -3.45. The molecular weight excluding hydrogens is 229 g/mol. The number of halogens is 3. The zero-order chi connectivity index (χ0) is 9.24. The normalized spacial score (nSPS) is 42.9. The van der Waals surface area contributed by atoms with Crippen molar-refractivity contribution in [2.24, 2.45) is 5.41 Å². The molecule has 1 heterocycles. The zero-order valence-electron chi connectivity index (χ0n) is 6.13. The highest BCUT2D eigenvalue weighted by molar-refractivity contribution is 7.81. The molecule has 1 saturated heterocycles. The van der Waals surface area contributed by atoms with E-state index >= 15 is 0 Å². The molecule has 1 aliphatic heterocycles. The smallest absolute Gasteiger partial charge is 0.296 e. The predicted octanol–water partition coefficient (Wildman–Crippen LogP) is 2.57. The molecule has 0 aliphatic carbocycles. The maximum absolute atomic E-state index is 12.4. The second-order valence-electron chi connectivity index (χ2n) is 2.74. The molecular formula is C5H8Cl2FO3P. The fourth-order valence-electron chi connectivity index (χ4n) is 0.697. The van der Waals surface area contributed by atoms with Crippen LogP contribution in [0.1, 0.15) is 0 Å². The minimum Gasteiger partial charge on any atom is -0.296 e. The van der Waals surface area contributed by atoms with E-state index in [0.717, 1.165) is 0 Å². The maximum atomic E-state index is 12.4. The summed E-state index contributed by atoms with van der Waals surface area (Å²) < 4.78 is 32.6. The first-order chi connectivity index (χ1) is 5.54. The lowest BCUT2D eigenvalue weighted by Gasteiger charge is -2.33. The van der Waals surface area contributed by atoms with Crippen molar-refractivity contribution < 1.29 is 18.0 Å². The van der Waals surface area contributed by atoms with Gasteiger partial charge in [-0.3, -0.25) is 13.4 Å². The van der Waals surface area contributed by atoms with Gasteiger partial charge in [0.05, 0.1) is 18.6 Å². The summed E-state index contributed by atoms with van der Waals surface area (Å²) in [7, 11) is 0. The van der Waals surface area contributed by atoms with Crippen molar-refractivity contribution in [2.75, 3.05) is 25.8 Å². The van der Waals surface area contributed by atoms with Crippen molar-refractivity contribution in [3.8, 4) is 0 Å². The van der Waals surface area contributed by atoms with Gasteiger partial charge in [0.2, 0.25) is 0 Å². The molecule has 0 aromatic rings. The minimum absolute atomic E-state index is 0.0559. The summed E-state index contributed by atoms with van der Waals surface area (Å²) in [5, 5.41) is 0. The standard InChI is InChI=1S/C5H8Cl2FO3P/c6-1-5(2-8)3-10-12(7,9)11-4-5/h1-4H2. The van der Waals surface area contributed by atoms with Crippen LogP contribution in [-0.4, -0.2) is 25.8 Å². The highest BCUT2D eigenvalue weighted by Crippen LogP contribution is 2.58. The van der Waals surface area contributed by atoms with Gasteiger partial charge in [-0.2, -0.15) is 0 Å². The van der Waals surface area contributed by atoms with Gasteiger partial charge < -0.3 is 0 Å². The average Bonchev–Trinajstić information content (AvgIpc) is 2.06. The van der Waals surface area contributed by atoms with Crippen LogP contribution in [0.5, 0.6) is 0 Å². The van der Waals surface area contributed by atoms with Gasteiger partial charge in [-0.1, -0.05) is 0 Å². The molecule has 7 heteroatoms. The van der Waals surface area contributed by atoms with Crippen molar-refractivity contribution in [1.29, 1.82) is 0 Å². The summed E-state index contributed by atoms with van der Waals surface area (Å²) in [6, 6.07) is 0. The van der Waals surface area contributed by atoms with Gasteiger partial charge in [-0.25, -0.2) is 4.57 Å². The van der Waals surface area contributed by atoms with Crippen molar-refractivity contribution in [3.63, 3.8) is 0 Å². The van der Waals surface area contributed by atoms with E-state index < -0.39 is 19.0 Å². The number of rotatable bonds is 2. The Morgan fingerprint density at radius 2 is 2.00 bits per heavy atom. The molecule has 0 bridgehead atoms. The lowest BCUT2D eigenvalue weighted by atomic mass is 9.95. The SMILES string of the molecule is O=P1(Cl)OCC(CF)(CCl)CO1. The van der Waals surface area contributed by atoms with E-state index in [2.05, 4.69) is 9.05 Å². The van der Waals surface area contributed by atoms with E-state index in [4.69, 9.17) is 22.8 Å². The molecule has 0 atom stereocenters. The Hall–Kier alpha value is 0.660. The molecule has 72 valence electrons. The summed E-state index contributed by atoms with van der Waals surface area (Å²) >= 11 is 10.8. The van der Waals surface area contributed by atoms with Crippen molar-refractivity contribution in [1.82, 2.24) is 0 Å². The van der Waals surface area contributed by atoms with E-state index in [9.17, 15) is 8.96 Å². The fourth-order valence-corrected chi connectivity index (χ4v) is 2.15. The predicted molar refractivity (Wildman–Crippen MR) is 44.5 cm³/mol. The van der Waals surface area contributed by atoms with E-state index in [1.807, 2.05) is 0 Å². The fraction of sp³-hybridized carbons (Fsp3) is 1.00. The summed E-state index contributed by atoms with van der Waals surface area (Å²) in [6.45, 7) is -4.24. The Balaban J connectivity index is 2.59.